The lowest BCUT2D eigenvalue weighted by Gasteiger charge is -2.08. The summed E-state index contributed by atoms with van der Waals surface area (Å²) >= 11 is 1.22. The summed E-state index contributed by atoms with van der Waals surface area (Å²) in [6.45, 7) is 4.04. The van der Waals surface area contributed by atoms with Crippen LogP contribution in [-0.2, 0) is 0 Å². The molecule has 0 aromatic heterocycles. The smallest absolute Gasteiger partial charge is 0.278 e. The van der Waals surface area contributed by atoms with Crippen LogP contribution in [0, 0.1) is 0 Å². The fourth-order valence-electron chi connectivity index (χ4n) is 0.362. The Balaban J connectivity index is 3.34. The number of thioether (sulfide) groups is 1. The summed E-state index contributed by atoms with van der Waals surface area (Å²) < 4.78 is 0. The number of carbonyl (C=O) groups is 1. The highest BCUT2D eigenvalue weighted by Crippen LogP contribution is 1.96. The molecule has 0 aromatic carbocycles. The second-order valence-corrected chi connectivity index (χ2v) is 2.72. The molecule has 2 nitrogen and oxygen atoms in total. The Morgan fingerprint density at radius 2 is 2.33 bits per heavy atom. The molecule has 0 aliphatic heterocycles. The topological polar surface area (TPSA) is 29.1 Å². The molecule has 0 saturated carbocycles. The van der Waals surface area contributed by atoms with Gasteiger partial charge in [-0.05, 0) is 19.6 Å². The summed E-state index contributed by atoms with van der Waals surface area (Å²) in [5.41, 5.74) is 0. The van der Waals surface area contributed by atoms with Crippen molar-refractivity contribution in [3.05, 3.63) is 0 Å². The van der Waals surface area contributed by atoms with E-state index in [1.54, 1.807) is 6.26 Å². The average molecular weight is 147 g/mol. The van der Waals surface area contributed by atoms with Gasteiger partial charge in [0.15, 0.2) is 0 Å². The van der Waals surface area contributed by atoms with Crippen molar-refractivity contribution < 1.29 is 4.79 Å². The van der Waals surface area contributed by atoms with Gasteiger partial charge in [-0.2, -0.15) is 0 Å². The predicted molar refractivity (Wildman–Crippen MR) is 41.8 cm³/mol. The lowest BCUT2D eigenvalue weighted by atomic mass is 10.3. The quantitative estimate of drug-likeness (QED) is 0.646. The van der Waals surface area contributed by atoms with E-state index in [9.17, 15) is 4.79 Å². The van der Waals surface area contributed by atoms with Gasteiger partial charge in [0.2, 0.25) is 0 Å². The molecule has 1 atom stereocenters. The SMILES string of the molecule is CCC(C)NC(=O)SC. The molecular weight excluding hydrogens is 134 g/mol. The largest absolute Gasteiger partial charge is 0.345 e. The molecular formula is C6H13NOS. The van der Waals surface area contributed by atoms with E-state index in [0.717, 1.165) is 6.42 Å². The predicted octanol–water partition coefficient (Wildman–Crippen LogP) is 1.86. The van der Waals surface area contributed by atoms with Crippen molar-refractivity contribution >= 4 is 17.0 Å². The minimum Gasteiger partial charge on any atom is -0.345 e. The molecule has 0 spiro atoms. The van der Waals surface area contributed by atoms with Crippen LogP contribution in [0.5, 0.6) is 0 Å². The van der Waals surface area contributed by atoms with Gasteiger partial charge in [-0.15, -0.1) is 0 Å². The molecule has 0 bridgehead atoms. The van der Waals surface area contributed by atoms with Crippen molar-refractivity contribution in [3.8, 4) is 0 Å². The highest BCUT2D eigenvalue weighted by atomic mass is 32.2. The molecule has 0 aromatic rings. The highest BCUT2D eigenvalue weighted by Gasteiger charge is 2.01. The van der Waals surface area contributed by atoms with Gasteiger partial charge in [0, 0.05) is 6.04 Å². The van der Waals surface area contributed by atoms with Crippen LogP contribution in [0.3, 0.4) is 0 Å². The third-order valence-corrected chi connectivity index (χ3v) is 1.65. The second-order valence-electron chi connectivity index (χ2n) is 1.95. The number of hydrogen-bond acceptors (Lipinski definition) is 2. The first-order valence-electron chi connectivity index (χ1n) is 3.05. The van der Waals surface area contributed by atoms with Crippen LogP contribution in [-0.4, -0.2) is 17.5 Å². The third-order valence-electron chi connectivity index (χ3n) is 1.16. The number of rotatable bonds is 2. The van der Waals surface area contributed by atoms with Crippen molar-refractivity contribution in [2.75, 3.05) is 6.26 Å². The Hall–Kier alpha value is -0.180. The van der Waals surface area contributed by atoms with Gasteiger partial charge in [-0.3, -0.25) is 4.79 Å². The number of hydrogen-bond donors (Lipinski definition) is 1. The minimum atomic E-state index is 0.0596. The summed E-state index contributed by atoms with van der Waals surface area (Å²) in [4.78, 5) is 10.6. The van der Waals surface area contributed by atoms with Crippen LogP contribution in [0.15, 0.2) is 0 Å². The van der Waals surface area contributed by atoms with Crippen LogP contribution < -0.4 is 5.32 Å². The Morgan fingerprint density at radius 3 is 2.67 bits per heavy atom. The van der Waals surface area contributed by atoms with Crippen LogP contribution >= 0.6 is 11.8 Å². The maximum Gasteiger partial charge on any atom is 0.278 e. The van der Waals surface area contributed by atoms with E-state index in [1.165, 1.54) is 11.8 Å². The molecule has 3 heteroatoms. The minimum absolute atomic E-state index is 0.0596. The van der Waals surface area contributed by atoms with Crippen molar-refractivity contribution in [2.24, 2.45) is 0 Å². The summed E-state index contributed by atoms with van der Waals surface area (Å²) in [6, 6.07) is 0.310. The number of nitrogens with one attached hydrogen (secondary N) is 1. The molecule has 1 amide bonds. The van der Waals surface area contributed by atoms with Crippen LogP contribution in [0.2, 0.25) is 0 Å². The molecule has 0 radical (unpaired) electrons. The summed E-state index contributed by atoms with van der Waals surface area (Å²) in [7, 11) is 0. The summed E-state index contributed by atoms with van der Waals surface area (Å²) in [5.74, 6) is 0. The van der Waals surface area contributed by atoms with Gasteiger partial charge in [0.25, 0.3) is 5.24 Å². The van der Waals surface area contributed by atoms with E-state index >= 15 is 0 Å². The highest BCUT2D eigenvalue weighted by molar-refractivity contribution is 8.12. The summed E-state index contributed by atoms with van der Waals surface area (Å²) in [5, 5.41) is 2.86. The van der Waals surface area contributed by atoms with Crippen LogP contribution in [0.25, 0.3) is 0 Å². The van der Waals surface area contributed by atoms with Crippen LogP contribution in [0.1, 0.15) is 20.3 Å². The Morgan fingerprint density at radius 1 is 1.78 bits per heavy atom. The molecule has 1 unspecified atom stereocenters. The molecule has 0 fully saturated rings. The fourth-order valence-corrected chi connectivity index (χ4v) is 0.681. The zero-order valence-corrected chi connectivity index (χ0v) is 6.92. The zero-order chi connectivity index (χ0) is 7.28. The molecule has 0 rings (SSSR count). The first kappa shape index (κ1) is 8.82. The Labute approximate surface area is 60.4 Å². The molecule has 0 saturated heterocycles. The standard InChI is InChI=1S/C6H13NOS/c1-4-5(2)7-6(8)9-3/h5H,4H2,1-3H3,(H,7,8). The summed E-state index contributed by atoms with van der Waals surface area (Å²) in [6.07, 6.45) is 2.77. The van der Waals surface area contributed by atoms with Crippen molar-refractivity contribution in [1.29, 1.82) is 0 Å². The van der Waals surface area contributed by atoms with Gasteiger partial charge < -0.3 is 5.32 Å². The third kappa shape index (κ3) is 4.33. The Bertz CT molecular complexity index is 95.1. The van der Waals surface area contributed by atoms with Crippen molar-refractivity contribution in [1.82, 2.24) is 5.32 Å². The monoisotopic (exact) mass is 147 g/mol. The molecule has 1 N–H and O–H groups in total. The van der Waals surface area contributed by atoms with E-state index in [0.29, 0.717) is 6.04 Å². The fraction of sp³-hybridized carbons (Fsp3) is 0.833. The van der Waals surface area contributed by atoms with Gasteiger partial charge in [-0.1, -0.05) is 18.7 Å². The Kier molecular flexibility index (Phi) is 4.58. The average Bonchev–Trinajstić information content (AvgIpc) is 1.87. The van der Waals surface area contributed by atoms with Crippen molar-refractivity contribution in [2.45, 2.75) is 26.3 Å². The van der Waals surface area contributed by atoms with Gasteiger partial charge in [0.1, 0.15) is 0 Å². The lowest BCUT2D eigenvalue weighted by Crippen LogP contribution is -2.28. The maximum absolute atomic E-state index is 10.6. The molecule has 0 heterocycles. The second kappa shape index (κ2) is 4.68. The first-order valence-corrected chi connectivity index (χ1v) is 4.27. The zero-order valence-electron chi connectivity index (χ0n) is 6.10. The maximum atomic E-state index is 10.6. The van der Waals surface area contributed by atoms with Gasteiger partial charge in [0.05, 0.1) is 0 Å². The number of carbonyl (C=O) groups excluding carboxylic acids is 1. The molecule has 54 valence electrons. The van der Waals surface area contributed by atoms with E-state index in [1.807, 2.05) is 13.8 Å². The van der Waals surface area contributed by atoms with E-state index in [2.05, 4.69) is 5.32 Å². The van der Waals surface area contributed by atoms with Crippen molar-refractivity contribution in [3.63, 3.8) is 0 Å². The first-order chi connectivity index (χ1) is 4.20. The molecule has 9 heavy (non-hydrogen) atoms. The number of amides is 1. The van der Waals surface area contributed by atoms with E-state index in [-0.39, 0.29) is 5.24 Å². The normalized spacial score (nSPS) is 12.8. The van der Waals surface area contributed by atoms with Gasteiger partial charge in [-0.25, -0.2) is 0 Å². The molecule has 0 aliphatic carbocycles. The van der Waals surface area contributed by atoms with Crippen LogP contribution in [0.4, 0.5) is 4.79 Å². The lowest BCUT2D eigenvalue weighted by molar-refractivity contribution is 0.258. The van der Waals surface area contributed by atoms with Gasteiger partial charge >= 0.3 is 0 Å². The van der Waals surface area contributed by atoms with E-state index < -0.39 is 0 Å². The van der Waals surface area contributed by atoms with E-state index in [4.69, 9.17) is 0 Å². The molecule has 0 aliphatic rings.